The van der Waals surface area contributed by atoms with Crippen LogP contribution in [0.5, 0.6) is 0 Å². The molecule has 2 aliphatic rings. The van der Waals surface area contributed by atoms with Gasteiger partial charge in [-0.1, -0.05) is 49.3 Å². The zero-order valence-electron chi connectivity index (χ0n) is 20.4. The van der Waals surface area contributed by atoms with E-state index in [2.05, 4.69) is 16.0 Å². The summed E-state index contributed by atoms with van der Waals surface area (Å²) in [6.07, 6.45) is 1.23. The first-order valence-corrected chi connectivity index (χ1v) is 14.4. The highest BCUT2D eigenvalue weighted by atomic mass is 33.1. The van der Waals surface area contributed by atoms with Crippen molar-refractivity contribution in [3.63, 3.8) is 0 Å². The molecular weight excluding hydrogens is 478 g/mol. The van der Waals surface area contributed by atoms with Crippen molar-refractivity contribution < 1.29 is 28.7 Å². The van der Waals surface area contributed by atoms with Crippen molar-refractivity contribution in [2.75, 3.05) is 11.5 Å². The van der Waals surface area contributed by atoms with Crippen LogP contribution in [0.4, 0.5) is 0 Å². The minimum atomic E-state index is -0.889. The third-order valence-electron chi connectivity index (χ3n) is 5.65. The minimum absolute atomic E-state index is 0.0854. The molecule has 0 radical (unpaired) electrons. The molecular formula is C23H37N3O6S2. The van der Waals surface area contributed by atoms with Gasteiger partial charge in [0.15, 0.2) is 5.78 Å². The van der Waals surface area contributed by atoms with Gasteiger partial charge in [-0.25, -0.2) is 0 Å². The molecule has 0 aromatic heterocycles. The number of hydrogen-bond donors (Lipinski definition) is 3. The molecule has 3 amide bonds. The van der Waals surface area contributed by atoms with E-state index in [1.807, 2.05) is 13.8 Å². The second kappa shape index (κ2) is 14.0. The molecule has 0 aromatic carbocycles. The summed E-state index contributed by atoms with van der Waals surface area (Å²) < 4.78 is 5.53. The Labute approximate surface area is 209 Å². The van der Waals surface area contributed by atoms with Gasteiger partial charge in [0.05, 0.1) is 12.5 Å². The van der Waals surface area contributed by atoms with Gasteiger partial charge in [-0.05, 0) is 37.5 Å². The van der Waals surface area contributed by atoms with Gasteiger partial charge < -0.3 is 20.7 Å². The predicted octanol–water partition coefficient (Wildman–Crippen LogP) is 1.98. The number of carbonyl (C=O) groups excluding carboxylic acids is 5. The number of rotatable bonds is 3. The van der Waals surface area contributed by atoms with E-state index < -0.39 is 60.1 Å². The second-order valence-electron chi connectivity index (χ2n) is 9.60. The van der Waals surface area contributed by atoms with Gasteiger partial charge in [-0.15, -0.1) is 0 Å². The van der Waals surface area contributed by atoms with Crippen LogP contribution in [-0.2, 0) is 28.7 Å². The molecule has 9 nitrogen and oxygen atoms in total. The summed E-state index contributed by atoms with van der Waals surface area (Å²) in [6.45, 7) is 7.45. The fourth-order valence-corrected chi connectivity index (χ4v) is 6.19. The Morgan fingerprint density at radius 1 is 0.941 bits per heavy atom. The quantitative estimate of drug-likeness (QED) is 0.295. The van der Waals surface area contributed by atoms with E-state index in [4.69, 9.17) is 4.74 Å². The topological polar surface area (TPSA) is 131 Å². The van der Waals surface area contributed by atoms with E-state index in [9.17, 15) is 24.0 Å². The maximum atomic E-state index is 13.2. The van der Waals surface area contributed by atoms with E-state index in [0.29, 0.717) is 18.6 Å². The fraction of sp³-hybridized carbons (Fsp3) is 0.783. The standard InChI is InChI=1S/C23H37N3O6S2/c1-13(2)9-16-22(30)25-17-12-34-33-8-6-5-7-15(10-19(28)24-16)32-20(29)11-18(27)21(14(3)4)26-23(17)31/h13-17,21H,5-12H2,1-4H3,(H,24,28)(H,25,30)(H,26,31)/t15-,16+,17+,21+/m0/s1. The van der Waals surface area contributed by atoms with Crippen LogP contribution in [0.25, 0.3) is 0 Å². The molecule has 2 saturated heterocycles. The molecule has 2 rings (SSSR count). The number of hydrogen-bond acceptors (Lipinski definition) is 8. The lowest BCUT2D eigenvalue weighted by atomic mass is 9.97. The van der Waals surface area contributed by atoms with E-state index in [-0.39, 0.29) is 18.3 Å². The summed E-state index contributed by atoms with van der Waals surface area (Å²) in [6, 6.07) is -2.60. The molecule has 2 bridgehead atoms. The molecule has 2 aliphatic heterocycles. The van der Waals surface area contributed by atoms with Crippen LogP contribution >= 0.6 is 21.6 Å². The van der Waals surface area contributed by atoms with Crippen LogP contribution in [-0.4, -0.2) is 65.2 Å². The molecule has 0 aromatic rings. The molecule has 0 spiro atoms. The third-order valence-corrected chi connectivity index (χ3v) is 8.15. The Hall–Kier alpha value is -1.75. The summed E-state index contributed by atoms with van der Waals surface area (Å²) in [5.74, 6) is -1.51. The van der Waals surface area contributed by atoms with Crippen molar-refractivity contribution in [1.29, 1.82) is 0 Å². The smallest absolute Gasteiger partial charge is 0.313 e. The molecule has 0 aliphatic carbocycles. The number of amides is 3. The van der Waals surface area contributed by atoms with Crippen LogP contribution in [0.3, 0.4) is 0 Å². The summed E-state index contributed by atoms with van der Waals surface area (Å²) in [4.78, 5) is 64.5. The zero-order chi connectivity index (χ0) is 25.3. The van der Waals surface area contributed by atoms with Crippen molar-refractivity contribution in [1.82, 2.24) is 16.0 Å². The Bertz CT molecular complexity index is 761. The maximum absolute atomic E-state index is 13.2. The Balaban J connectivity index is 2.45. The largest absolute Gasteiger partial charge is 0.461 e. The van der Waals surface area contributed by atoms with Crippen LogP contribution < -0.4 is 16.0 Å². The normalized spacial score (nSPS) is 28.8. The van der Waals surface area contributed by atoms with Crippen LogP contribution in [0.15, 0.2) is 0 Å². The van der Waals surface area contributed by atoms with E-state index in [1.54, 1.807) is 24.6 Å². The third kappa shape index (κ3) is 9.48. The van der Waals surface area contributed by atoms with Gasteiger partial charge >= 0.3 is 5.97 Å². The van der Waals surface area contributed by atoms with E-state index >= 15 is 0 Å². The van der Waals surface area contributed by atoms with Crippen LogP contribution in [0, 0.1) is 11.8 Å². The van der Waals surface area contributed by atoms with Gasteiger partial charge in [0, 0.05) is 11.5 Å². The molecule has 34 heavy (non-hydrogen) atoms. The van der Waals surface area contributed by atoms with Crippen molar-refractivity contribution >= 4 is 51.1 Å². The molecule has 11 heteroatoms. The first kappa shape index (κ1) is 28.5. The molecule has 0 saturated carbocycles. The molecule has 2 fully saturated rings. The molecule has 0 unspecified atom stereocenters. The molecule has 3 N–H and O–H groups in total. The van der Waals surface area contributed by atoms with Gasteiger partial charge in [0.1, 0.15) is 24.6 Å². The van der Waals surface area contributed by atoms with Crippen molar-refractivity contribution in [3.8, 4) is 0 Å². The van der Waals surface area contributed by atoms with Gasteiger partial charge in [0.2, 0.25) is 17.7 Å². The highest BCUT2D eigenvalue weighted by Gasteiger charge is 2.33. The molecule has 2 heterocycles. The first-order chi connectivity index (χ1) is 16.1. The Morgan fingerprint density at radius 2 is 1.68 bits per heavy atom. The average molecular weight is 516 g/mol. The average Bonchev–Trinajstić information content (AvgIpc) is 2.73. The van der Waals surface area contributed by atoms with Gasteiger partial charge in [-0.2, -0.15) is 0 Å². The minimum Gasteiger partial charge on any atom is -0.461 e. The summed E-state index contributed by atoms with van der Waals surface area (Å²) in [5.41, 5.74) is 0. The van der Waals surface area contributed by atoms with Crippen molar-refractivity contribution in [3.05, 3.63) is 0 Å². The Morgan fingerprint density at radius 3 is 2.35 bits per heavy atom. The number of carbonyl (C=O) groups is 5. The highest BCUT2D eigenvalue weighted by molar-refractivity contribution is 8.76. The fourth-order valence-electron chi connectivity index (χ4n) is 3.88. The number of nitrogens with one attached hydrogen (secondary N) is 3. The predicted molar refractivity (Wildman–Crippen MR) is 133 cm³/mol. The molecule has 4 atom stereocenters. The van der Waals surface area contributed by atoms with Crippen molar-refractivity contribution in [2.45, 2.75) is 90.4 Å². The highest BCUT2D eigenvalue weighted by Crippen LogP contribution is 2.25. The SMILES string of the molecule is CC(C)C[C@H]1NC(=O)C[C@@H]2CCCCSSC[C@@H](NC1=O)C(=O)N[C@H](C(C)C)C(=O)CC(=O)O2. The van der Waals surface area contributed by atoms with Crippen LogP contribution in [0.1, 0.15) is 66.2 Å². The summed E-state index contributed by atoms with van der Waals surface area (Å²) >= 11 is 0. The maximum Gasteiger partial charge on any atom is 0.313 e. The van der Waals surface area contributed by atoms with Gasteiger partial charge in [-0.3, -0.25) is 24.0 Å². The number of ether oxygens (including phenoxy) is 1. The second-order valence-corrected chi connectivity index (χ2v) is 12.2. The van der Waals surface area contributed by atoms with Crippen molar-refractivity contribution in [2.24, 2.45) is 11.8 Å². The number of fused-ring (bicyclic) bond motifs is 7. The Kier molecular flexibility index (Phi) is 11.7. The van der Waals surface area contributed by atoms with E-state index in [1.165, 1.54) is 10.8 Å². The number of ketones is 1. The number of esters is 1. The lowest BCUT2D eigenvalue weighted by Gasteiger charge is -2.26. The number of Topliss-reactive ketones (excluding diaryl/α,β-unsaturated/α-hetero) is 1. The zero-order valence-corrected chi connectivity index (χ0v) is 22.0. The van der Waals surface area contributed by atoms with E-state index in [0.717, 1.165) is 18.6 Å². The monoisotopic (exact) mass is 515 g/mol. The van der Waals surface area contributed by atoms with Gasteiger partial charge in [0.25, 0.3) is 0 Å². The van der Waals surface area contributed by atoms with Crippen LogP contribution in [0.2, 0.25) is 0 Å². The molecule has 192 valence electrons. The first-order valence-electron chi connectivity index (χ1n) is 11.9. The lowest BCUT2D eigenvalue weighted by molar-refractivity contribution is -0.153. The summed E-state index contributed by atoms with van der Waals surface area (Å²) in [5, 5.41) is 8.29. The summed E-state index contributed by atoms with van der Waals surface area (Å²) in [7, 11) is 3.09. The lowest BCUT2D eigenvalue weighted by Crippen LogP contribution is -2.57.